The summed E-state index contributed by atoms with van der Waals surface area (Å²) in [6.07, 6.45) is 0. The van der Waals surface area contributed by atoms with Crippen LogP contribution in [-0.4, -0.2) is 53.8 Å². The second-order valence-corrected chi connectivity index (χ2v) is 7.63. The Kier molecular flexibility index (Phi) is 3.30. The Morgan fingerprint density at radius 3 is 2.18 bits per heavy atom. The lowest BCUT2D eigenvalue weighted by molar-refractivity contribution is -0.0507. The van der Waals surface area contributed by atoms with Gasteiger partial charge < -0.3 is 4.74 Å². The fraction of sp³-hybridized carbons (Fsp3) is 1.00. The standard InChI is InChI=1S/C14H28N2O/c1-13(2,3)12-8-15-10-17-9-11(15)7-16(12)14(4,5)6/h11-12H,7-10H2,1-6H3. The van der Waals surface area contributed by atoms with Crippen LogP contribution in [0.4, 0.5) is 0 Å². The highest BCUT2D eigenvalue weighted by atomic mass is 16.5. The second kappa shape index (κ2) is 4.22. The van der Waals surface area contributed by atoms with Gasteiger partial charge in [0, 0.05) is 30.7 Å². The molecule has 0 aliphatic carbocycles. The van der Waals surface area contributed by atoms with E-state index in [4.69, 9.17) is 4.74 Å². The van der Waals surface area contributed by atoms with Gasteiger partial charge in [-0.05, 0) is 26.2 Å². The van der Waals surface area contributed by atoms with E-state index in [1.807, 2.05) is 0 Å². The molecule has 2 fully saturated rings. The van der Waals surface area contributed by atoms with Crippen LogP contribution in [0.25, 0.3) is 0 Å². The van der Waals surface area contributed by atoms with Crippen LogP contribution in [-0.2, 0) is 4.74 Å². The minimum absolute atomic E-state index is 0.243. The van der Waals surface area contributed by atoms with Crippen molar-refractivity contribution in [3.05, 3.63) is 0 Å². The van der Waals surface area contributed by atoms with E-state index in [-0.39, 0.29) is 5.54 Å². The van der Waals surface area contributed by atoms with E-state index in [1.165, 1.54) is 0 Å². The van der Waals surface area contributed by atoms with E-state index >= 15 is 0 Å². The van der Waals surface area contributed by atoms with Crippen LogP contribution >= 0.6 is 0 Å². The number of nitrogens with zero attached hydrogens (tertiary/aromatic N) is 2. The van der Waals surface area contributed by atoms with Crippen molar-refractivity contribution < 1.29 is 4.74 Å². The summed E-state index contributed by atoms with van der Waals surface area (Å²) >= 11 is 0. The summed E-state index contributed by atoms with van der Waals surface area (Å²) in [5, 5.41) is 0. The Morgan fingerprint density at radius 2 is 1.65 bits per heavy atom. The molecule has 0 amide bonds. The van der Waals surface area contributed by atoms with Crippen molar-refractivity contribution in [1.29, 1.82) is 0 Å². The zero-order valence-corrected chi connectivity index (χ0v) is 12.3. The van der Waals surface area contributed by atoms with E-state index in [1.54, 1.807) is 0 Å². The van der Waals surface area contributed by atoms with Gasteiger partial charge in [0.25, 0.3) is 0 Å². The molecule has 3 heteroatoms. The average Bonchev–Trinajstić information content (AvgIpc) is 2.59. The van der Waals surface area contributed by atoms with Crippen molar-refractivity contribution in [3.8, 4) is 0 Å². The van der Waals surface area contributed by atoms with Crippen molar-refractivity contribution >= 4 is 0 Å². The Balaban J connectivity index is 2.21. The predicted octanol–water partition coefficient (Wildman–Crippen LogP) is 2.17. The molecule has 0 aromatic heterocycles. The number of hydrogen-bond acceptors (Lipinski definition) is 3. The van der Waals surface area contributed by atoms with Gasteiger partial charge in [-0.25, -0.2) is 0 Å². The summed E-state index contributed by atoms with van der Waals surface area (Å²) in [4.78, 5) is 5.20. The number of ether oxygens (including phenoxy) is 1. The van der Waals surface area contributed by atoms with Crippen LogP contribution in [0.15, 0.2) is 0 Å². The van der Waals surface area contributed by atoms with Crippen molar-refractivity contribution in [1.82, 2.24) is 9.80 Å². The summed E-state index contributed by atoms with van der Waals surface area (Å²) in [6, 6.07) is 1.22. The maximum Gasteiger partial charge on any atom is 0.0995 e. The molecule has 0 aromatic rings. The maximum atomic E-state index is 5.61. The van der Waals surface area contributed by atoms with E-state index in [0.29, 0.717) is 17.5 Å². The van der Waals surface area contributed by atoms with Gasteiger partial charge in [-0.15, -0.1) is 0 Å². The fourth-order valence-corrected chi connectivity index (χ4v) is 3.04. The summed E-state index contributed by atoms with van der Waals surface area (Å²) in [7, 11) is 0. The maximum absolute atomic E-state index is 5.61. The molecule has 0 saturated carbocycles. The van der Waals surface area contributed by atoms with Crippen molar-refractivity contribution in [2.24, 2.45) is 5.41 Å². The van der Waals surface area contributed by atoms with Gasteiger partial charge in [-0.2, -0.15) is 0 Å². The lowest BCUT2D eigenvalue weighted by atomic mass is 9.81. The molecule has 2 rings (SSSR count). The van der Waals surface area contributed by atoms with Gasteiger partial charge >= 0.3 is 0 Å². The molecule has 2 atom stereocenters. The first kappa shape index (κ1) is 13.3. The average molecular weight is 240 g/mol. The number of piperazine rings is 1. The molecular formula is C14H28N2O. The molecule has 0 radical (unpaired) electrons. The predicted molar refractivity (Wildman–Crippen MR) is 71.0 cm³/mol. The van der Waals surface area contributed by atoms with Gasteiger partial charge in [0.2, 0.25) is 0 Å². The molecule has 2 aliphatic rings. The normalized spacial score (nSPS) is 32.8. The van der Waals surface area contributed by atoms with E-state index < -0.39 is 0 Å². The van der Waals surface area contributed by atoms with Crippen LogP contribution in [0.5, 0.6) is 0 Å². The third-order valence-electron chi connectivity index (χ3n) is 4.14. The quantitative estimate of drug-likeness (QED) is 0.645. The zero-order chi connectivity index (χ0) is 12.8. The fourth-order valence-electron chi connectivity index (χ4n) is 3.04. The Bertz CT molecular complexity index is 249. The van der Waals surface area contributed by atoms with Crippen LogP contribution in [0.3, 0.4) is 0 Å². The molecule has 2 aliphatic heterocycles. The molecule has 2 saturated heterocycles. The molecule has 100 valence electrons. The summed E-state index contributed by atoms with van der Waals surface area (Å²) in [5.41, 5.74) is 0.563. The zero-order valence-electron chi connectivity index (χ0n) is 12.3. The summed E-state index contributed by atoms with van der Waals surface area (Å²) < 4.78 is 5.61. The molecule has 2 heterocycles. The van der Waals surface area contributed by atoms with Crippen LogP contribution in [0, 0.1) is 5.41 Å². The third-order valence-corrected chi connectivity index (χ3v) is 4.14. The summed E-state index contributed by atoms with van der Waals surface area (Å²) in [6.45, 7) is 18.1. The van der Waals surface area contributed by atoms with Crippen LogP contribution in [0.1, 0.15) is 41.5 Å². The highest BCUT2D eigenvalue weighted by Gasteiger charge is 2.45. The first-order chi connectivity index (χ1) is 7.69. The molecule has 0 bridgehead atoms. The van der Waals surface area contributed by atoms with Crippen molar-refractivity contribution in [3.63, 3.8) is 0 Å². The van der Waals surface area contributed by atoms with Gasteiger partial charge in [-0.1, -0.05) is 20.8 Å². The molecular weight excluding hydrogens is 212 g/mol. The monoisotopic (exact) mass is 240 g/mol. The highest BCUT2D eigenvalue weighted by Crippen LogP contribution is 2.35. The molecule has 2 unspecified atom stereocenters. The van der Waals surface area contributed by atoms with Crippen molar-refractivity contribution in [2.45, 2.75) is 59.2 Å². The Labute approximate surface area is 106 Å². The molecule has 3 nitrogen and oxygen atoms in total. The van der Waals surface area contributed by atoms with E-state index in [9.17, 15) is 0 Å². The largest absolute Gasteiger partial charge is 0.364 e. The molecule has 0 aromatic carbocycles. The number of fused-ring (bicyclic) bond motifs is 1. The van der Waals surface area contributed by atoms with Crippen LogP contribution < -0.4 is 0 Å². The minimum atomic E-state index is 0.243. The van der Waals surface area contributed by atoms with E-state index in [0.717, 1.165) is 26.4 Å². The van der Waals surface area contributed by atoms with Crippen LogP contribution in [0.2, 0.25) is 0 Å². The third kappa shape index (κ3) is 2.67. The number of hydrogen-bond donors (Lipinski definition) is 0. The number of rotatable bonds is 0. The van der Waals surface area contributed by atoms with Gasteiger partial charge in [0.05, 0.1) is 13.3 Å². The lowest BCUT2D eigenvalue weighted by Gasteiger charge is -2.53. The first-order valence-corrected chi connectivity index (χ1v) is 6.78. The Hall–Kier alpha value is -0.120. The van der Waals surface area contributed by atoms with E-state index in [2.05, 4.69) is 51.3 Å². The molecule has 17 heavy (non-hydrogen) atoms. The lowest BCUT2D eigenvalue weighted by Crippen LogP contribution is -2.65. The molecule has 0 N–H and O–H groups in total. The van der Waals surface area contributed by atoms with Gasteiger partial charge in [0.15, 0.2) is 0 Å². The molecule has 0 spiro atoms. The first-order valence-electron chi connectivity index (χ1n) is 6.78. The van der Waals surface area contributed by atoms with Gasteiger partial charge in [0.1, 0.15) is 0 Å². The van der Waals surface area contributed by atoms with Gasteiger partial charge in [-0.3, -0.25) is 9.80 Å². The highest BCUT2D eigenvalue weighted by molar-refractivity contribution is 4.99. The smallest absolute Gasteiger partial charge is 0.0995 e. The second-order valence-electron chi connectivity index (χ2n) is 7.63. The Morgan fingerprint density at radius 1 is 1.00 bits per heavy atom. The topological polar surface area (TPSA) is 15.7 Å². The summed E-state index contributed by atoms with van der Waals surface area (Å²) in [5.74, 6) is 0. The van der Waals surface area contributed by atoms with Crippen molar-refractivity contribution in [2.75, 3.05) is 26.4 Å². The minimum Gasteiger partial charge on any atom is -0.364 e. The SMILES string of the molecule is CC(C)(C)C1CN2COCC2CN1C(C)(C)C.